The second kappa shape index (κ2) is 5.74. The average molecular weight is 255 g/mol. The van der Waals surface area contributed by atoms with Crippen LogP contribution in [0.25, 0.3) is 0 Å². The molecule has 0 aliphatic heterocycles. The van der Waals surface area contributed by atoms with Crippen molar-refractivity contribution in [3.63, 3.8) is 0 Å². The molecular weight excluding hydrogens is 242 g/mol. The summed E-state index contributed by atoms with van der Waals surface area (Å²) in [6, 6.07) is 10.9. The van der Waals surface area contributed by atoms with Crippen molar-refractivity contribution < 1.29 is 9.47 Å². The molecule has 96 valence electrons. The van der Waals surface area contributed by atoms with E-state index in [4.69, 9.17) is 14.7 Å². The van der Waals surface area contributed by atoms with Crippen molar-refractivity contribution >= 4 is 11.4 Å². The Bertz CT molecular complexity index is 603. The van der Waals surface area contributed by atoms with Gasteiger partial charge in [0, 0.05) is 12.1 Å². The smallest absolute Gasteiger partial charge is 0.213 e. The van der Waals surface area contributed by atoms with Crippen LogP contribution in [-0.4, -0.2) is 19.2 Å². The van der Waals surface area contributed by atoms with Gasteiger partial charge in [-0.2, -0.15) is 5.26 Å². The quantitative estimate of drug-likeness (QED) is 0.909. The molecular formula is C14H13N3O2. The third-order valence-corrected chi connectivity index (χ3v) is 2.57. The van der Waals surface area contributed by atoms with Gasteiger partial charge in [-0.1, -0.05) is 0 Å². The van der Waals surface area contributed by atoms with E-state index in [9.17, 15) is 0 Å². The molecule has 0 amide bonds. The number of anilines is 2. The molecule has 0 atom stereocenters. The number of rotatable bonds is 4. The first-order valence-corrected chi connectivity index (χ1v) is 5.62. The molecule has 0 saturated heterocycles. The molecule has 0 aliphatic rings. The van der Waals surface area contributed by atoms with E-state index in [0.29, 0.717) is 22.9 Å². The van der Waals surface area contributed by atoms with Gasteiger partial charge >= 0.3 is 0 Å². The largest absolute Gasteiger partial charge is 0.497 e. The van der Waals surface area contributed by atoms with Gasteiger partial charge in [0.2, 0.25) is 5.88 Å². The molecule has 19 heavy (non-hydrogen) atoms. The molecule has 5 heteroatoms. The number of methoxy groups -OCH3 is 2. The maximum Gasteiger partial charge on any atom is 0.213 e. The van der Waals surface area contributed by atoms with Crippen molar-refractivity contribution in [1.29, 1.82) is 5.26 Å². The maximum absolute atomic E-state index is 9.08. The van der Waals surface area contributed by atoms with Crippen molar-refractivity contribution in [1.82, 2.24) is 4.98 Å². The van der Waals surface area contributed by atoms with Crippen LogP contribution in [-0.2, 0) is 0 Å². The number of aromatic nitrogens is 1. The lowest BCUT2D eigenvalue weighted by Crippen LogP contribution is -1.96. The summed E-state index contributed by atoms with van der Waals surface area (Å²) in [5.41, 5.74) is 1.98. The minimum atomic E-state index is 0.539. The van der Waals surface area contributed by atoms with Crippen molar-refractivity contribution in [2.75, 3.05) is 19.5 Å². The molecule has 2 rings (SSSR count). The average Bonchev–Trinajstić information content (AvgIpc) is 2.48. The Kier molecular flexibility index (Phi) is 3.84. The summed E-state index contributed by atoms with van der Waals surface area (Å²) < 4.78 is 10.1. The van der Waals surface area contributed by atoms with Crippen LogP contribution in [0.4, 0.5) is 11.4 Å². The van der Waals surface area contributed by atoms with Crippen molar-refractivity contribution in [2.24, 2.45) is 0 Å². The first kappa shape index (κ1) is 12.7. The number of hydrogen-bond acceptors (Lipinski definition) is 5. The number of nitrogens with one attached hydrogen (secondary N) is 1. The van der Waals surface area contributed by atoms with Gasteiger partial charge in [-0.25, -0.2) is 4.98 Å². The Morgan fingerprint density at radius 3 is 2.58 bits per heavy atom. The van der Waals surface area contributed by atoms with Gasteiger partial charge in [-0.05, 0) is 18.2 Å². The van der Waals surface area contributed by atoms with Gasteiger partial charge in [0.25, 0.3) is 0 Å². The Labute approximate surface area is 111 Å². The Morgan fingerprint density at radius 2 is 2.00 bits per heavy atom. The summed E-state index contributed by atoms with van der Waals surface area (Å²) in [4.78, 5) is 4.09. The van der Waals surface area contributed by atoms with Crippen LogP contribution >= 0.6 is 0 Å². The van der Waals surface area contributed by atoms with E-state index >= 15 is 0 Å². The SMILES string of the molecule is COc1ccc(C#N)c(Nc2ccc(OC)nc2)c1. The number of nitrogens with zero attached hydrogens (tertiary/aromatic N) is 2. The molecule has 1 aromatic heterocycles. The molecule has 0 aliphatic carbocycles. The van der Waals surface area contributed by atoms with Gasteiger partial charge in [0.1, 0.15) is 11.8 Å². The van der Waals surface area contributed by atoms with Crippen LogP contribution in [0.2, 0.25) is 0 Å². The molecule has 0 unspecified atom stereocenters. The molecule has 0 fully saturated rings. The summed E-state index contributed by atoms with van der Waals surface area (Å²) >= 11 is 0. The lowest BCUT2D eigenvalue weighted by molar-refractivity contribution is 0.398. The summed E-state index contributed by atoms with van der Waals surface area (Å²) in [6.45, 7) is 0. The van der Waals surface area contributed by atoms with E-state index in [1.54, 1.807) is 44.7 Å². The van der Waals surface area contributed by atoms with E-state index in [-0.39, 0.29) is 0 Å². The van der Waals surface area contributed by atoms with Crippen LogP contribution in [0.5, 0.6) is 11.6 Å². The molecule has 1 aromatic carbocycles. The lowest BCUT2D eigenvalue weighted by Gasteiger charge is -2.10. The lowest BCUT2D eigenvalue weighted by atomic mass is 10.2. The first-order valence-electron chi connectivity index (χ1n) is 5.62. The predicted molar refractivity (Wildman–Crippen MR) is 71.8 cm³/mol. The van der Waals surface area contributed by atoms with Gasteiger partial charge in [-0.15, -0.1) is 0 Å². The minimum Gasteiger partial charge on any atom is -0.497 e. The second-order valence-electron chi connectivity index (χ2n) is 3.74. The normalized spacial score (nSPS) is 9.53. The zero-order valence-corrected chi connectivity index (χ0v) is 10.7. The minimum absolute atomic E-state index is 0.539. The van der Waals surface area contributed by atoms with Crippen molar-refractivity contribution in [2.45, 2.75) is 0 Å². The third-order valence-electron chi connectivity index (χ3n) is 2.57. The zero-order valence-electron chi connectivity index (χ0n) is 10.7. The van der Waals surface area contributed by atoms with Gasteiger partial charge in [-0.3, -0.25) is 0 Å². The highest BCUT2D eigenvalue weighted by Gasteiger charge is 2.05. The summed E-state index contributed by atoms with van der Waals surface area (Å²) in [5, 5.41) is 12.2. The number of pyridine rings is 1. The number of nitriles is 1. The van der Waals surface area contributed by atoms with Crippen LogP contribution in [0.3, 0.4) is 0 Å². The topological polar surface area (TPSA) is 67.2 Å². The van der Waals surface area contributed by atoms with Crippen LogP contribution in [0.1, 0.15) is 5.56 Å². The van der Waals surface area contributed by atoms with Crippen molar-refractivity contribution in [3.8, 4) is 17.7 Å². The fourth-order valence-corrected chi connectivity index (χ4v) is 1.58. The standard InChI is InChI=1S/C14H13N3O2/c1-18-12-5-3-10(8-15)13(7-12)17-11-4-6-14(19-2)16-9-11/h3-7,9,17H,1-2H3. The van der Waals surface area contributed by atoms with Gasteiger partial charge < -0.3 is 14.8 Å². The molecule has 2 aromatic rings. The molecule has 5 nitrogen and oxygen atoms in total. The fraction of sp³-hybridized carbons (Fsp3) is 0.143. The number of hydrogen-bond donors (Lipinski definition) is 1. The maximum atomic E-state index is 9.08. The number of benzene rings is 1. The van der Waals surface area contributed by atoms with E-state index < -0.39 is 0 Å². The van der Waals surface area contributed by atoms with Crippen LogP contribution in [0, 0.1) is 11.3 Å². The van der Waals surface area contributed by atoms with E-state index in [2.05, 4.69) is 16.4 Å². The molecule has 0 radical (unpaired) electrons. The van der Waals surface area contributed by atoms with Crippen LogP contribution < -0.4 is 14.8 Å². The van der Waals surface area contributed by atoms with E-state index in [1.807, 2.05) is 6.07 Å². The highest BCUT2D eigenvalue weighted by molar-refractivity contribution is 5.67. The molecule has 1 N–H and O–H groups in total. The van der Waals surface area contributed by atoms with Crippen molar-refractivity contribution in [3.05, 3.63) is 42.1 Å². The number of ether oxygens (including phenoxy) is 2. The summed E-state index contributed by atoms with van der Waals surface area (Å²) in [5.74, 6) is 1.22. The second-order valence-corrected chi connectivity index (χ2v) is 3.74. The Hall–Kier alpha value is -2.74. The molecule has 0 spiro atoms. The Morgan fingerprint density at radius 1 is 1.16 bits per heavy atom. The highest BCUT2D eigenvalue weighted by atomic mass is 16.5. The monoisotopic (exact) mass is 255 g/mol. The molecule has 0 saturated carbocycles. The predicted octanol–water partition coefficient (Wildman–Crippen LogP) is 2.71. The first-order chi connectivity index (χ1) is 9.26. The highest BCUT2D eigenvalue weighted by Crippen LogP contribution is 2.25. The zero-order chi connectivity index (χ0) is 13.7. The van der Waals surface area contributed by atoms with E-state index in [0.717, 1.165) is 5.69 Å². The fourth-order valence-electron chi connectivity index (χ4n) is 1.58. The third kappa shape index (κ3) is 2.93. The summed E-state index contributed by atoms with van der Waals surface area (Å²) in [6.07, 6.45) is 1.64. The summed E-state index contributed by atoms with van der Waals surface area (Å²) in [7, 11) is 3.14. The Balaban J connectivity index is 2.28. The van der Waals surface area contributed by atoms with Crippen LogP contribution in [0.15, 0.2) is 36.5 Å². The molecule has 1 heterocycles. The molecule has 0 bridgehead atoms. The van der Waals surface area contributed by atoms with Gasteiger partial charge in [0.15, 0.2) is 0 Å². The van der Waals surface area contributed by atoms with E-state index in [1.165, 1.54) is 0 Å². The van der Waals surface area contributed by atoms with Gasteiger partial charge in [0.05, 0.1) is 37.4 Å².